The zero-order valence-electron chi connectivity index (χ0n) is 13.3. The van der Waals surface area contributed by atoms with Crippen LogP contribution < -0.4 is 4.72 Å². The minimum atomic E-state index is -3.84. The van der Waals surface area contributed by atoms with Gasteiger partial charge in [-0.2, -0.15) is 0 Å². The topological polar surface area (TPSA) is 96.6 Å². The first kappa shape index (κ1) is 17.7. The molecule has 0 fully saturated rings. The fraction of sp³-hybridized carbons (Fsp3) is 0.643. The molecule has 6 nitrogen and oxygen atoms in total. The van der Waals surface area contributed by atoms with Crippen molar-refractivity contribution in [2.75, 3.05) is 0 Å². The number of hydrogen-bond acceptors (Lipinski definition) is 4. The van der Waals surface area contributed by atoms with Crippen LogP contribution in [0, 0.1) is 12.3 Å². The number of hydrogen-bond donors (Lipinski definition) is 2. The quantitative estimate of drug-likeness (QED) is 0.870. The highest BCUT2D eigenvalue weighted by Gasteiger charge is 2.32. The molecule has 0 aliphatic carbocycles. The van der Waals surface area contributed by atoms with E-state index in [-0.39, 0.29) is 21.8 Å². The molecule has 0 saturated carbocycles. The van der Waals surface area contributed by atoms with Gasteiger partial charge in [0, 0.05) is 11.6 Å². The molecule has 0 radical (unpaired) electrons. The van der Waals surface area contributed by atoms with Crippen LogP contribution in [0.4, 0.5) is 0 Å². The highest BCUT2D eigenvalue weighted by atomic mass is 32.2. The summed E-state index contributed by atoms with van der Waals surface area (Å²) >= 11 is 0. The summed E-state index contributed by atoms with van der Waals surface area (Å²) in [7, 11) is -3.84. The molecule has 0 aliphatic rings. The van der Waals surface area contributed by atoms with E-state index >= 15 is 0 Å². The first-order valence-corrected chi connectivity index (χ1v) is 8.10. The van der Waals surface area contributed by atoms with Gasteiger partial charge < -0.3 is 9.52 Å². The second-order valence-electron chi connectivity index (χ2n) is 7.06. The maximum absolute atomic E-state index is 12.4. The molecule has 0 aromatic carbocycles. The zero-order chi connectivity index (χ0) is 16.6. The molecule has 0 atom stereocenters. The van der Waals surface area contributed by atoms with E-state index < -0.39 is 21.5 Å². The summed E-state index contributed by atoms with van der Waals surface area (Å²) in [6, 6.07) is 1.03. The maximum atomic E-state index is 12.4. The average molecular weight is 317 g/mol. The van der Waals surface area contributed by atoms with Gasteiger partial charge in [-0.25, -0.2) is 17.9 Å². The van der Waals surface area contributed by atoms with Crippen LogP contribution in [0.3, 0.4) is 0 Å². The summed E-state index contributed by atoms with van der Waals surface area (Å²) in [6.07, 6.45) is 0.627. The SMILES string of the molecule is Cc1oc(C(=O)O)cc1S(=O)(=O)NC(C)(C)CC(C)(C)C. The molecule has 120 valence electrons. The van der Waals surface area contributed by atoms with E-state index in [1.807, 2.05) is 20.8 Å². The van der Waals surface area contributed by atoms with E-state index in [9.17, 15) is 13.2 Å². The number of carboxylic acid groups (broad SMARTS) is 1. The van der Waals surface area contributed by atoms with Gasteiger partial charge in [0.25, 0.3) is 0 Å². The van der Waals surface area contributed by atoms with Crippen molar-refractivity contribution >= 4 is 16.0 Å². The van der Waals surface area contributed by atoms with Gasteiger partial charge in [-0.15, -0.1) is 0 Å². The predicted octanol–water partition coefficient (Wildman–Crippen LogP) is 2.78. The minimum Gasteiger partial charge on any atom is -0.475 e. The normalized spacial score (nSPS) is 13.4. The van der Waals surface area contributed by atoms with Crippen LogP contribution in [-0.4, -0.2) is 25.0 Å². The van der Waals surface area contributed by atoms with Crippen molar-refractivity contribution in [3.8, 4) is 0 Å². The molecule has 1 heterocycles. The van der Waals surface area contributed by atoms with Gasteiger partial charge in [0.1, 0.15) is 10.7 Å². The number of rotatable bonds is 5. The molecule has 1 rings (SSSR count). The lowest BCUT2D eigenvalue weighted by Crippen LogP contribution is -2.45. The summed E-state index contributed by atoms with van der Waals surface area (Å²) < 4.78 is 32.4. The summed E-state index contributed by atoms with van der Waals surface area (Å²) in [6.45, 7) is 11.1. The van der Waals surface area contributed by atoms with Gasteiger partial charge >= 0.3 is 5.97 Å². The molecule has 0 aliphatic heterocycles. The van der Waals surface area contributed by atoms with Crippen LogP contribution in [0.5, 0.6) is 0 Å². The molecule has 0 saturated heterocycles. The first-order valence-electron chi connectivity index (χ1n) is 6.61. The standard InChI is InChI=1S/C14H23NO5S/c1-9-11(7-10(20-9)12(16)17)21(18,19)15-14(5,6)8-13(2,3)4/h7,15H,8H2,1-6H3,(H,16,17). The molecular formula is C14H23NO5S. The third-order valence-corrected chi connectivity index (χ3v) is 4.56. The first-order chi connectivity index (χ1) is 9.23. The number of aromatic carboxylic acids is 1. The molecule has 0 amide bonds. The van der Waals surface area contributed by atoms with Crippen molar-refractivity contribution in [1.29, 1.82) is 0 Å². The molecule has 21 heavy (non-hydrogen) atoms. The van der Waals surface area contributed by atoms with Crippen LogP contribution in [0.25, 0.3) is 0 Å². The second-order valence-corrected chi connectivity index (χ2v) is 8.71. The number of furan rings is 1. The van der Waals surface area contributed by atoms with Crippen molar-refractivity contribution < 1.29 is 22.7 Å². The van der Waals surface area contributed by atoms with Crippen LogP contribution >= 0.6 is 0 Å². The summed E-state index contributed by atoms with van der Waals surface area (Å²) in [4.78, 5) is 10.7. The number of aryl methyl sites for hydroxylation is 1. The van der Waals surface area contributed by atoms with Crippen molar-refractivity contribution in [1.82, 2.24) is 4.72 Å². The highest BCUT2D eigenvalue weighted by molar-refractivity contribution is 7.89. The van der Waals surface area contributed by atoms with Gasteiger partial charge in [0.2, 0.25) is 15.8 Å². The van der Waals surface area contributed by atoms with Crippen LogP contribution in [-0.2, 0) is 10.0 Å². The highest BCUT2D eigenvalue weighted by Crippen LogP contribution is 2.29. The Bertz CT molecular complexity index is 635. The Morgan fingerprint density at radius 1 is 1.29 bits per heavy atom. The van der Waals surface area contributed by atoms with Crippen molar-refractivity contribution in [3.05, 3.63) is 17.6 Å². The molecule has 2 N–H and O–H groups in total. The smallest absolute Gasteiger partial charge is 0.371 e. The Morgan fingerprint density at radius 2 is 1.81 bits per heavy atom. The third kappa shape index (κ3) is 4.86. The van der Waals surface area contributed by atoms with Gasteiger partial charge in [0.15, 0.2) is 0 Å². The van der Waals surface area contributed by atoms with E-state index in [0.717, 1.165) is 6.07 Å². The predicted molar refractivity (Wildman–Crippen MR) is 78.9 cm³/mol. The molecule has 1 aromatic heterocycles. The Hall–Kier alpha value is -1.34. The van der Waals surface area contributed by atoms with Gasteiger partial charge in [-0.05, 0) is 32.6 Å². The van der Waals surface area contributed by atoms with E-state index in [0.29, 0.717) is 6.42 Å². The Kier molecular flexibility index (Phi) is 4.60. The lowest BCUT2D eigenvalue weighted by molar-refractivity contribution is 0.0661. The van der Waals surface area contributed by atoms with E-state index in [1.54, 1.807) is 13.8 Å². The molecule has 0 unspecified atom stereocenters. The lowest BCUT2D eigenvalue weighted by Gasteiger charge is -2.32. The van der Waals surface area contributed by atoms with Gasteiger partial charge in [-0.3, -0.25) is 0 Å². The van der Waals surface area contributed by atoms with E-state index in [4.69, 9.17) is 9.52 Å². The Morgan fingerprint density at radius 3 is 2.19 bits per heavy atom. The van der Waals surface area contributed by atoms with Crippen molar-refractivity contribution in [2.24, 2.45) is 5.41 Å². The molecule has 0 bridgehead atoms. The monoisotopic (exact) mass is 317 g/mol. The number of sulfonamides is 1. The molecule has 1 aromatic rings. The molecular weight excluding hydrogens is 294 g/mol. The zero-order valence-corrected chi connectivity index (χ0v) is 14.1. The van der Waals surface area contributed by atoms with Crippen LogP contribution in [0.2, 0.25) is 0 Å². The van der Waals surface area contributed by atoms with Gasteiger partial charge in [-0.1, -0.05) is 20.8 Å². The lowest BCUT2D eigenvalue weighted by atomic mass is 9.82. The van der Waals surface area contributed by atoms with E-state index in [1.165, 1.54) is 6.92 Å². The Labute approximate surface area is 125 Å². The number of nitrogens with one attached hydrogen (secondary N) is 1. The summed E-state index contributed by atoms with van der Waals surface area (Å²) in [5.41, 5.74) is -0.714. The molecule has 7 heteroatoms. The second kappa shape index (κ2) is 5.46. The number of carboxylic acids is 1. The maximum Gasteiger partial charge on any atom is 0.371 e. The van der Waals surface area contributed by atoms with Crippen LogP contribution in [0.1, 0.15) is 57.4 Å². The average Bonchev–Trinajstić information content (AvgIpc) is 2.54. The number of carbonyl (C=O) groups is 1. The summed E-state index contributed by atoms with van der Waals surface area (Å²) in [5.74, 6) is -1.62. The van der Waals surface area contributed by atoms with Crippen molar-refractivity contribution in [2.45, 2.75) is 58.4 Å². The van der Waals surface area contributed by atoms with Gasteiger partial charge in [0.05, 0.1) is 0 Å². The Balaban J connectivity index is 3.10. The fourth-order valence-electron chi connectivity index (χ4n) is 2.62. The van der Waals surface area contributed by atoms with E-state index in [2.05, 4.69) is 4.72 Å². The minimum absolute atomic E-state index is 0.0519. The summed E-state index contributed by atoms with van der Waals surface area (Å²) in [5, 5.41) is 8.86. The fourth-order valence-corrected chi connectivity index (χ4v) is 4.21. The van der Waals surface area contributed by atoms with Crippen LogP contribution in [0.15, 0.2) is 15.4 Å². The largest absolute Gasteiger partial charge is 0.475 e. The third-order valence-electron chi connectivity index (χ3n) is 2.76. The van der Waals surface area contributed by atoms with Crippen molar-refractivity contribution in [3.63, 3.8) is 0 Å². The molecule has 0 spiro atoms.